The molecular formula is C21H19Cl2N3O2. The normalized spacial score (nSPS) is 10.6. The van der Waals surface area contributed by atoms with Crippen LogP contribution in [0, 0.1) is 0 Å². The number of hydrogen-bond acceptors (Lipinski definition) is 3. The van der Waals surface area contributed by atoms with Gasteiger partial charge in [-0.05, 0) is 42.3 Å². The van der Waals surface area contributed by atoms with Crippen LogP contribution in [0.15, 0.2) is 65.5 Å². The van der Waals surface area contributed by atoms with Crippen LogP contribution in [0.1, 0.15) is 12.0 Å². The fraction of sp³-hybridized carbons (Fsp3) is 0.190. The Balaban J connectivity index is 1.55. The van der Waals surface area contributed by atoms with Crippen molar-refractivity contribution in [1.29, 1.82) is 0 Å². The second-order valence-electron chi connectivity index (χ2n) is 6.27. The van der Waals surface area contributed by atoms with Gasteiger partial charge in [0.25, 0.3) is 5.56 Å². The van der Waals surface area contributed by atoms with Crippen molar-refractivity contribution < 1.29 is 4.79 Å². The minimum atomic E-state index is -0.250. The lowest BCUT2D eigenvalue weighted by molar-refractivity contribution is -0.121. The lowest BCUT2D eigenvalue weighted by Crippen LogP contribution is -2.29. The average molecular weight is 416 g/mol. The van der Waals surface area contributed by atoms with Crippen LogP contribution >= 0.6 is 23.2 Å². The summed E-state index contributed by atoms with van der Waals surface area (Å²) in [5.74, 6) is -0.129. The molecule has 1 N–H and O–H groups in total. The summed E-state index contributed by atoms with van der Waals surface area (Å²) in [5, 5.41) is 8.48. The van der Waals surface area contributed by atoms with Crippen LogP contribution in [0.4, 0.5) is 0 Å². The summed E-state index contributed by atoms with van der Waals surface area (Å²) in [6.07, 6.45) is 0.887. The number of hydrogen-bond donors (Lipinski definition) is 1. The average Bonchev–Trinajstić information content (AvgIpc) is 2.69. The maximum Gasteiger partial charge on any atom is 0.266 e. The first-order valence-electron chi connectivity index (χ1n) is 8.86. The van der Waals surface area contributed by atoms with Crippen molar-refractivity contribution in [2.75, 3.05) is 6.54 Å². The van der Waals surface area contributed by atoms with Crippen LogP contribution in [0.5, 0.6) is 0 Å². The van der Waals surface area contributed by atoms with Gasteiger partial charge in [0.1, 0.15) is 0 Å². The summed E-state index contributed by atoms with van der Waals surface area (Å²) in [5.41, 5.74) is 2.29. The van der Waals surface area contributed by atoms with Crippen molar-refractivity contribution in [3.05, 3.63) is 86.6 Å². The van der Waals surface area contributed by atoms with Gasteiger partial charge in [-0.2, -0.15) is 5.10 Å². The van der Waals surface area contributed by atoms with Crippen molar-refractivity contribution in [3.63, 3.8) is 0 Å². The molecule has 0 unspecified atom stereocenters. The number of aryl methyl sites for hydroxylation is 1. The minimum Gasteiger partial charge on any atom is -0.356 e. The van der Waals surface area contributed by atoms with Crippen LogP contribution < -0.4 is 10.9 Å². The predicted molar refractivity (Wildman–Crippen MR) is 112 cm³/mol. The Labute approximate surface area is 172 Å². The molecule has 3 rings (SSSR count). The van der Waals surface area contributed by atoms with Crippen LogP contribution in [-0.4, -0.2) is 22.2 Å². The van der Waals surface area contributed by atoms with Crippen LogP contribution in [0.25, 0.3) is 11.3 Å². The van der Waals surface area contributed by atoms with E-state index in [9.17, 15) is 9.59 Å². The molecule has 144 valence electrons. The molecule has 0 atom stereocenters. The van der Waals surface area contributed by atoms with Crippen molar-refractivity contribution in [2.24, 2.45) is 0 Å². The van der Waals surface area contributed by atoms with Gasteiger partial charge >= 0.3 is 0 Å². The zero-order valence-corrected chi connectivity index (χ0v) is 16.6. The van der Waals surface area contributed by atoms with Crippen molar-refractivity contribution >= 4 is 29.1 Å². The predicted octanol–water partition coefficient (Wildman–Crippen LogP) is 3.97. The number of nitrogens with zero attached hydrogens (tertiary/aromatic N) is 2. The highest BCUT2D eigenvalue weighted by Crippen LogP contribution is 2.19. The summed E-state index contributed by atoms with van der Waals surface area (Å²) in [4.78, 5) is 24.1. The van der Waals surface area contributed by atoms with Gasteiger partial charge in [0.15, 0.2) is 0 Å². The number of halogens is 2. The Kier molecular flexibility index (Phi) is 6.85. The largest absolute Gasteiger partial charge is 0.356 e. The maximum absolute atomic E-state index is 12.1. The van der Waals surface area contributed by atoms with Gasteiger partial charge in [-0.25, -0.2) is 4.68 Å². The molecule has 0 aliphatic carbocycles. The molecule has 0 radical (unpaired) electrons. The first kappa shape index (κ1) is 20.1. The van der Waals surface area contributed by atoms with Gasteiger partial charge in [0, 0.05) is 34.6 Å². The molecule has 0 aliphatic rings. The van der Waals surface area contributed by atoms with Gasteiger partial charge in [0.05, 0.1) is 12.2 Å². The third-order valence-corrected chi connectivity index (χ3v) is 4.67. The molecule has 0 fully saturated rings. The second-order valence-corrected chi connectivity index (χ2v) is 7.14. The molecule has 1 heterocycles. The number of aromatic nitrogens is 2. The van der Waals surface area contributed by atoms with E-state index in [0.717, 1.165) is 11.1 Å². The third-order valence-electron chi connectivity index (χ3n) is 4.19. The molecule has 0 saturated heterocycles. The zero-order chi connectivity index (χ0) is 19.9. The molecule has 2 aromatic carbocycles. The Morgan fingerprint density at radius 2 is 1.79 bits per heavy atom. The summed E-state index contributed by atoms with van der Waals surface area (Å²) in [6, 6.07) is 17.8. The lowest BCUT2D eigenvalue weighted by atomic mass is 10.1. The molecule has 1 amide bonds. The van der Waals surface area contributed by atoms with Gasteiger partial charge in [-0.15, -0.1) is 0 Å². The van der Waals surface area contributed by atoms with E-state index >= 15 is 0 Å². The van der Waals surface area contributed by atoms with Crippen molar-refractivity contribution in [2.45, 2.75) is 19.4 Å². The smallest absolute Gasteiger partial charge is 0.266 e. The lowest BCUT2D eigenvalue weighted by Gasteiger charge is -2.08. The number of carbonyl (C=O) groups excluding carboxylic acids is 1. The van der Waals surface area contributed by atoms with E-state index in [-0.39, 0.29) is 24.4 Å². The highest BCUT2D eigenvalue weighted by Gasteiger charge is 2.07. The SMILES string of the molecule is O=C(CCn1nc(-c2cccc(Cl)c2)ccc1=O)NCCc1ccc(Cl)cc1. The molecule has 0 saturated carbocycles. The highest BCUT2D eigenvalue weighted by atomic mass is 35.5. The summed E-state index contributed by atoms with van der Waals surface area (Å²) in [7, 11) is 0. The fourth-order valence-corrected chi connectivity index (χ4v) is 3.02. The van der Waals surface area contributed by atoms with Crippen molar-refractivity contribution in [3.8, 4) is 11.3 Å². The van der Waals surface area contributed by atoms with E-state index in [0.29, 0.717) is 28.7 Å². The fourth-order valence-electron chi connectivity index (χ4n) is 2.70. The van der Waals surface area contributed by atoms with E-state index in [2.05, 4.69) is 10.4 Å². The standard InChI is InChI=1S/C21H19Cl2N3O2/c22-17-6-4-15(5-7-17)10-12-24-20(27)11-13-26-21(28)9-8-19(25-26)16-2-1-3-18(23)14-16/h1-9,14H,10-13H2,(H,24,27). The summed E-state index contributed by atoms with van der Waals surface area (Å²) in [6.45, 7) is 0.728. The number of rotatable bonds is 7. The molecule has 28 heavy (non-hydrogen) atoms. The molecular weight excluding hydrogens is 397 g/mol. The van der Waals surface area contributed by atoms with E-state index in [4.69, 9.17) is 23.2 Å². The number of nitrogens with one attached hydrogen (secondary N) is 1. The van der Waals surface area contributed by atoms with Crippen LogP contribution in [0.3, 0.4) is 0 Å². The summed E-state index contributed by atoms with van der Waals surface area (Å²) < 4.78 is 1.30. The van der Waals surface area contributed by atoms with Crippen LogP contribution in [-0.2, 0) is 17.8 Å². The minimum absolute atomic E-state index is 0.129. The highest BCUT2D eigenvalue weighted by molar-refractivity contribution is 6.31. The van der Waals surface area contributed by atoms with E-state index < -0.39 is 0 Å². The van der Waals surface area contributed by atoms with E-state index in [1.165, 1.54) is 10.7 Å². The monoisotopic (exact) mass is 415 g/mol. The van der Waals surface area contributed by atoms with E-state index in [1.807, 2.05) is 36.4 Å². The topological polar surface area (TPSA) is 64.0 Å². The molecule has 0 spiro atoms. The molecule has 7 heteroatoms. The third kappa shape index (κ3) is 5.68. The van der Waals surface area contributed by atoms with E-state index in [1.54, 1.807) is 18.2 Å². The second kappa shape index (κ2) is 9.53. The molecule has 5 nitrogen and oxygen atoms in total. The zero-order valence-electron chi connectivity index (χ0n) is 15.1. The van der Waals surface area contributed by atoms with Crippen LogP contribution in [0.2, 0.25) is 10.0 Å². The molecule has 0 aliphatic heterocycles. The molecule has 0 bridgehead atoms. The Morgan fingerprint density at radius 1 is 1.00 bits per heavy atom. The Hall–Kier alpha value is -2.63. The van der Waals surface area contributed by atoms with Gasteiger partial charge < -0.3 is 5.32 Å². The van der Waals surface area contributed by atoms with Gasteiger partial charge in [0.2, 0.25) is 5.91 Å². The van der Waals surface area contributed by atoms with Crippen molar-refractivity contribution in [1.82, 2.24) is 15.1 Å². The van der Waals surface area contributed by atoms with Gasteiger partial charge in [-0.3, -0.25) is 9.59 Å². The first-order chi connectivity index (χ1) is 13.5. The summed E-state index contributed by atoms with van der Waals surface area (Å²) >= 11 is 11.9. The first-order valence-corrected chi connectivity index (χ1v) is 9.62. The molecule has 1 aromatic heterocycles. The molecule has 3 aromatic rings. The Bertz CT molecular complexity index is 1020. The number of amides is 1. The Morgan fingerprint density at radius 3 is 2.54 bits per heavy atom. The number of benzene rings is 2. The number of carbonyl (C=O) groups is 1. The quantitative estimate of drug-likeness (QED) is 0.634. The maximum atomic E-state index is 12.1. The van der Waals surface area contributed by atoms with Gasteiger partial charge in [-0.1, -0.05) is 47.5 Å².